The SMILES string of the molecule is O=C(O)c1ccc(Cn2cc(-c3ccc(Cl)cc3Cl)nc2/C=C/c2ccc(-c3ccc(Oc4ccc([N+](=O)[O-])cc4)cc3)cc2)cc1. The molecule has 0 saturated heterocycles. The van der Waals surface area contributed by atoms with E-state index in [2.05, 4.69) is 0 Å². The molecule has 10 heteroatoms. The van der Waals surface area contributed by atoms with E-state index in [4.69, 9.17) is 32.9 Å². The molecule has 0 saturated carbocycles. The summed E-state index contributed by atoms with van der Waals surface area (Å²) in [4.78, 5) is 26.6. The average molecular weight is 663 g/mol. The molecule has 0 aliphatic carbocycles. The molecule has 232 valence electrons. The minimum Gasteiger partial charge on any atom is -0.478 e. The van der Waals surface area contributed by atoms with Crippen molar-refractivity contribution in [3.05, 3.63) is 164 Å². The Morgan fingerprint density at radius 2 is 1.45 bits per heavy atom. The molecule has 0 atom stereocenters. The van der Waals surface area contributed by atoms with E-state index in [-0.39, 0.29) is 11.3 Å². The second-order valence-corrected chi connectivity index (χ2v) is 11.4. The zero-order chi connectivity index (χ0) is 32.9. The Kier molecular flexibility index (Phi) is 9.15. The van der Waals surface area contributed by atoms with Gasteiger partial charge in [-0.1, -0.05) is 77.8 Å². The number of carbonyl (C=O) groups is 1. The zero-order valence-corrected chi connectivity index (χ0v) is 26.1. The summed E-state index contributed by atoms with van der Waals surface area (Å²) in [7, 11) is 0. The van der Waals surface area contributed by atoms with Crippen LogP contribution in [0.3, 0.4) is 0 Å². The average Bonchev–Trinajstić information content (AvgIpc) is 3.46. The van der Waals surface area contributed by atoms with Crippen molar-refractivity contribution in [2.75, 3.05) is 0 Å². The smallest absolute Gasteiger partial charge is 0.335 e. The summed E-state index contributed by atoms with van der Waals surface area (Å²) in [6, 6.07) is 33.7. The first-order valence-electron chi connectivity index (χ1n) is 14.4. The number of ether oxygens (including phenoxy) is 1. The molecule has 0 bridgehead atoms. The molecule has 8 nitrogen and oxygen atoms in total. The summed E-state index contributed by atoms with van der Waals surface area (Å²) < 4.78 is 7.81. The van der Waals surface area contributed by atoms with Crippen LogP contribution < -0.4 is 4.74 Å². The van der Waals surface area contributed by atoms with E-state index < -0.39 is 10.9 Å². The number of hydrogen-bond acceptors (Lipinski definition) is 5. The van der Waals surface area contributed by atoms with E-state index >= 15 is 0 Å². The number of aromatic nitrogens is 2. The molecule has 1 aromatic heterocycles. The van der Waals surface area contributed by atoms with Crippen LogP contribution >= 0.6 is 23.2 Å². The lowest BCUT2D eigenvalue weighted by atomic mass is 10.0. The maximum Gasteiger partial charge on any atom is 0.335 e. The molecule has 1 N–H and O–H groups in total. The largest absolute Gasteiger partial charge is 0.478 e. The Bertz CT molecular complexity index is 2090. The van der Waals surface area contributed by atoms with Crippen molar-refractivity contribution in [3.8, 4) is 33.9 Å². The Morgan fingerprint density at radius 3 is 2.04 bits per heavy atom. The second kappa shape index (κ2) is 13.7. The highest BCUT2D eigenvalue weighted by Gasteiger charge is 2.13. The highest BCUT2D eigenvalue weighted by atomic mass is 35.5. The fraction of sp³-hybridized carbons (Fsp3) is 0.0270. The molecular formula is C37H25Cl2N3O5. The highest BCUT2D eigenvalue weighted by molar-refractivity contribution is 6.36. The van der Waals surface area contributed by atoms with Gasteiger partial charge >= 0.3 is 5.97 Å². The third-order valence-corrected chi connectivity index (χ3v) is 7.92. The van der Waals surface area contributed by atoms with Crippen molar-refractivity contribution >= 4 is 47.0 Å². The van der Waals surface area contributed by atoms with E-state index in [0.717, 1.165) is 27.8 Å². The molecular weight excluding hydrogens is 637 g/mol. The minimum absolute atomic E-state index is 0.00798. The lowest BCUT2D eigenvalue weighted by Gasteiger charge is -2.07. The van der Waals surface area contributed by atoms with E-state index in [1.54, 1.807) is 48.5 Å². The van der Waals surface area contributed by atoms with Crippen molar-refractivity contribution in [1.29, 1.82) is 0 Å². The zero-order valence-electron chi connectivity index (χ0n) is 24.6. The van der Waals surface area contributed by atoms with Crippen molar-refractivity contribution in [2.24, 2.45) is 0 Å². The fourth-order valence-corrected chi connectivity index (χ4v) is 5.42. The van der Waals surface area contributed by atoms with Gasteiger partial charge in [-0.05, 0) is 82.9 Å². The maximum absolute atomic E-state index is 11.3. The molecule has 0 fully saturated rings. The van der Waals surface area contributed by atoms with E-state index in [9.17, 15) is 20.0 Å². The third kappa shape index (κ3) is 7.58. The van der Waals surface area contributed by atoms with Crippen LogP contribution in [-0.4, -0.2) is 25.6 Å². The number of nitrogens with zero attached hydrogens (tertiary/aromatic N) is 3. The highest BCUT2D eigenvalue weighted by Crippen LogP contribution is 2.31. The summed E-state index contributed by atoms with van der Waals surface area (Å²) in [5.41, 5.74) is 5.59. The number of nitro groups is 1. The van der Waals surface area contributed by atoms with Crippen LogP contribution in [0.25, 0.3) is 34.5 Å². The monoisotopic (exact) mass is 661 g/mol. The number of benzene rings is 5. The molecule has 6 rings (SSSR count). The number of carboxylic acids is 1. The summed E-state index contributed by atoms with van der Waals surface area (Å²) in [6.07, 6.45) is 5.82. The summed E-state index contributed by atoms with van der Waals surface area (Å²) in [5, 5.41) is 21.2. The van der Waals surface area contributed by atoms with Gasteiger partial charge in [0, 0.05) is 35.5 Å². The molecule has 0 unspecified atom stereocenters. The van der Waals surface area contributed by atoms with Gasteiger partial charge in [-0.15, -0.1) is 0 Å². The summed E-state index contributed by atoms with van der Waals surface area (Å²) in [5.74, 6) is 0.856. The molecule has 1 heterocycles. The first-order chi connectivity index (χ1) is 22.7. The van der Waals surface area contributed by atoms with Gasteiger partial charge in [-0.2, -0.15) is 0 Å². The fourth-order valence-electron chi connectivity index (χ4n) is 4.91. The van der Waals surface area contributed by atoms with Crippen LogP contribution in [0.5, 0.6) is 11.5 Å². The molecule has 0 spiro atoms. The Morgan fingerprint density at radius 1 is 0.830 bits per heavy atom. The van der Waals surface area contributed by atoms with Gasteiger partial charge in [0.2, 0.25) is 0 Å². The Labute approximate surface area is 279 Å². The van der Waals surface area contributed by atoms with Crippen LogP contribution in [0.1, 0.15) is 27.3 Å². The standard InChI is InChI=1S/C37H25Cl2N3O5/c38-29-12-19-33(34(39)21-29)35-23-41(22-25-3-8-28(9-4-25)37(43)44)36(40-35)20-5-24-1-6-26(7-2-24)27-10-15-31(16-11-27)47-32-17-13-30(14-18-32)42(45)46/h1-21,23H,22H2,(H,43,44)/b20-5+. The summed E-state index contributed by atoms with van der Waals surface area (Å²) >= 11 is 12.6. The number of nitro benzene ring substituents is 1. The van der Waals surface area contributed by atoms with Gasteiger partial charge in [0.05, 0.1) is 21.2 Å². The van der Waals surface area contributed by atoms with Crippen molar-refractivity contribution in [1.82, 2.24) is 9.55 Å². The van der Waals surface area contributed by atoms with Crippen LogP contribution in [0.4, 0.5) is 5.69 Å². The minimum atomic E-state index is -0.973. The van der Waals surface area contributed by atoms with E-state index in [1.165, 1.54) is 12.1 Å². The van der Waals surface area contributed by atoms with Crippen LogP contribution in [0, 0.1) is 10.1 Å². The van der Waals surface area contributed by atoms with Crippen LogP contribution in [0.15, 0.2) is 121 Å². The summed E-state index contributed by atoms with van der Waals surface area (Å²) in [6.45, 7) is 0.473. The molecule has 0 aliphatic heterocycles. The van der Waals surface area contributed by atoms with Crippen LogP contribution in [0.2, 0.25) is 10.0 Å². The topological polar surface area (TPSA) is 107 Å². The molecule has 6 aromatic rings. The number of carboxylic acid groups (broad SMARTS) is 1. The van der Waals surface area contributed by atoms with Crippen molar-refractivity contribution in [3.63, 3.8) is 0 Å². The third-order valence-electron chi connectivity index (χ3n) is 7.37. The normalized spacial score (nSPS) is 11.1. The van der Waals surface area contributed by atoms with Gasteiger partial charge in [0.1, 0.15) is 17.3 Å². The number of rotatable bonds is 10. The van der Waals surface area contributed by atoms with Crippen LogP contribution in [-0.2, 0) is 6.54 Å². The molecule has 0 aliphatic rings. The lowest BCUT2D eigenvalue weighted by molar-refractivity contribution is -0.384. The first kappa shape index (κ1) is 31.3. The van der Waals surface area contributed by atoms with Gasteiger partial charge < -0.3 is 14.4 Å². The number of non-ortho nitro benzene ring substituents is 1. The second-order valence-electron chi connectivity index (χ2n) is 10.6. The van der Waals surface area contributed by atoms with Gasteiger partial charge in [-0.25, -0.2) is 9.78 Å². The van der Waals surface area contributed by atoms with Gasteiger partial charge in [0.25, 0.3) is 5.69 Å². The molecule has 47 heavy (non-hydrogen) atoms. The lowest BCUT2D eigenvalue weighted by Crippen LogP contribution is -2.02. The first-order valence-corrected chi connectivity index (χ1v) is 15.1. The van der Waals surface area contributed by atoms with E-state index in [0.29, 0.717) is 39.6 Å². The Balaban J connectivity index is 1.20. The number of imidazole rings is 1. The van der Waals surface area contributed by atoms with Gasteiger partial charge in [-0.3, -0.25) is 10.1 Å². The van der Waals surface area contributed by atoms with Crippen molar-refractivity contribution in [2.45, 2.75) is 6.54 Å². The number of aromatic carboxylic acids is 1. The quantitative estimate of drug-likeness (QED) is 0.116. The predicted molar refractivity (Wildman–Crippen MR) is 184 cm³/mol. The maximum atomic E-state index is 11.3. The predicted octanol–water partition coefficient (Wildman–Crippen LogP) is 10.1. The number of hydrogen-bond donors (Lipinski definition) is 1. The molecule has 0 radical (unpaired) electrons. The van der Waals surface area contributed by atoms with E-state index in [1.807, 2.05) is 77.5 Å². The number of halogens is 2. The molecule has 5 aromatic carbocycles. The van der Waals surface area contributed by atoms with Crippen molar-refractivity contribution < 1.29 is 19.6 Å². The molecule has 0 amide bonds. The van der Waals surface area contributed by atoms with Gasteiger partial charge in [0.15, 0.2) is 0 Å². The Hall–Kier alpha value is -5.70.